The van der Waals surface area contributed by atoms with Crippen LogP contribution in [0.3, 0.4) is 0 Å². The van der Waals surface area contributed by atoms with Crippen molar-refractivity contribution in [1.82, 2.24) is 14.4 Å². The number of aryl methyl sites for hydroxylation is 1. The molecule has 1 atom stereocenters. The normalized spacial score (nSPS) is 15.8. The van der Waals surface area contributed by atoms with Crippen molar-refractivity contribution in [3.8, 4) is 23.0 Å². The van der Waals surface area contributed by atoms with Gasteiger partial charge in [-0.05, 0) is 47.0 Å². The van der Waals surface area contributed by atoms with Crippen LogP contribution in [0, 0.1) is 0 Å². The molecule has 2 aliphatic rings. The molecule has 40 heavy (non-hydrogen) atoms. The lowest BCUT2D eigenvalue weighted by atomic mass is 9.87. The minimum atomic E-state index is -0.120. The smallest absolute Gasteiger partial charge is 0.231 e. The summed E-state index contributed by atoms with van der Waals surface area (Å²) in [6.07, 6.45) is 2.54. The second-order valence-electron chi connectivity index (χ2n) is 10.4. The van der Waals surface area contributed by atoms with Gasteiger partial charge in [0.05, 0.1) is 14.2 Å². The van der Waals surface area contributed by atoms with Crippen LogP contribution in [0.25, 0.3) is 10.9 Å². The monoisotopic (exact) mass is 541 g/mol. The Morgan fingerprint density at radius 3 is 2.48 bits per heavy atom. The Balaban J connectivity index is 1.20. The number of benzene rings is 3. The molecule has 0 saturated carbocycles. The van der Waals surface area contributed by atoms with E-state index in [9.17, 15) is 4.79 Å². The summed E-state index contributed by atoms with van der Waals surface area (Å²) in [6, 6.07) is 20.4. The number of rotatable bonds is 8. The molecule has 1 fully saturated rings. The molecule has 0 radical (unpaired) electrons. The van der Waals surface area contributed by atoms with E-state index in [1.807, 2.05) is 35.2 Å². The molecule has 1 aromatic heterocycles. The van der Waals surface area contributed by atoms with Gasteiger partial charge in [-0.3, -0.25) is 9.69 Å². The number of nitrogens with zero attached hydrogens (tertiary/aromatic N) is 3. The number of amides is 1. The van der Waals surface area contributed by atoms with Crippen molar-refractivity contribution in [2.24, 2.45) is 7.05 Å². The zero-order valence-electron chi connectivity index (χ0n) is 23.3. The second-order valence-corrected chi connectivity index (χ2v) is 10.4. The highest BCUT2D eigenvalue weighted by Gasteiger charge is 2.28. The molecule has 1 amide bonds. The predicted octanol–water partition coefficient (Wildman–Crippen LogP) is 4.79. The summed E-state index contributed by atoms with van der Waals surface area (Å²) in [5.74, 6) is 2.98. The maximum Gasteiger partial charge on any atom is 0.231 e. The largest absolute Gasteiger partial charge is 0.493 e. The van der Waals surface area contributed by atoms with Crippen LogP contribution in [0.1, 0.15) is 29.0 Å². The average Bonchev–Trinajstić information content (AvgIpc) is 3.60. The molecule has 0 aliphatic carbocycles. The Bertz CT molecular complexity index is 1520. The fourth-order valence-corrected chi connectivity index (χ4v) is 5.88. The molecule has 208 valence electrons. The van der Waals surface area contributed by atoms with E-state index in [1.165, 1.54) is 5.56 Å². The van der Waals surface area contributed by atoms with Crippen molar-refractivity contribution in [3.63, 3.8) is 0 Å². The Kier molecular flexibility index (Phi) is 7.26. The van der Waals surface area contributed by atoms with E-state index in [0.717, 1.165) is 53.2 Å². The maximum atomic E-state index is 13.8. The van der Waals surface area contributed by atoms with E-state index in [1.54, 1.807) is 14.2 Å². The lowest BCUT2D eigenvalue weighted by Gasteiger charge is -2.35. The van der Waals surface area contributed by atoms with Crippen LogP contribution in [-0.2, 0) is 18.4 Å². The van der Waals surface area contributed by atoms with Crippen LogP contribution in [-0.4, -0.2) is 67.5 Å². The Morgan fingerprint density at radius 1 is 0.900 bits per heavy atom. The zero-order valence-corrected chi connectivity index (χ0v) is 23.3. The molecule has 0 N–H and O–H groups in total. The van der Waals surface area contributed by atoms with E-state index >= 15 is 0 Å². The summed E-state index contributed by atoms with van der Waals surface area (Å²) in [4.78, 5) is 18.2. The summed E-state index contributed by atoms with van der Waals surface area (Å²) in [6.45, 7) is 4.17. The number of piperazine rings is 1. The standard InChI is InChI=1S/C32H35N3O5/c1-33-20-26(24-6-4-5-7-27(24)33)25(23-9-11-28(37-2)30(17-23)38-3)18-32(36)35-14-12-34(13-15-35)19-22-8-10-29-31(16-22)40-21-39-29/h4-11,16-17,20,25H,12-15,18-19,21H2,1-3H3. The lowest BCUT2D eigenvalue weighted by Crippen LogP contribution is -2.48. The third-order valence-electron chi connectivity index (χ3n) is 8.06. The Labute approximate surface area is 234 Å². The Hall–Kier alpha value is -4.17. The molecule has 6 rings (SSSR count). The first-order valence-electron chi connectivity index (χ1n) is 13.7. The van der Waals surface area contributed by atoms with Crippen LogP contribution < -0.4 is 18.9 Å². The molecule has 8 heteroatoms. The van der Waals surface area contributed by atoms with Gasteiger partial charge in [0.15, 0.2) is 23.0 Å². The number of hydrogen-bond acceptors (Lipinski definition) is 6. The first kappa shape index (κ1) is 26.1. The molecule has 0 spiro atoms. The van der Waals surface area contributed by atoms with Crippen molar-refractivity contribution in [3.05, 3.63) is 83.6 Å². The highest BCUT2D eigenvalue weighted by molar-refractivity contribution is 5.86. The summed E-state index contributed by atoms with van der Waals surface area (Å²) in [5, 5.41) is 1.16. The summed E-state index contributed by atoms with van der Waals surface area (Å²) in [5.41, 5.74) is 4.50. The van der Waals surface area contributed by atoms with Crippen molar-refractivity contribution >= 4 is 16.8 Å². The summed E-state index contributed by atoms with van der Waals surface area (Å²) >= 11 is 0. The molecule has 1 saturated heterocycles. The Morgan fingerprint density at radius 2 is 1.68 bits per heavy atom. The van der Waals surface area contributed by atoms with E-state index < -0.39 is 0 Å². The molecular formula is C32H35N3O5. The molecule has 8 nitrogen and oxygen atoms in total. The number of carbonyl (C=O) groups is 1. The van der Waals surface area contributed by atoms with Gasteiger partial charge in [-0.1, -0.05) is 30.3 Å². The lowest BCUT2D eigenvalue weighted by molar-refractivity contribution is -0.133. The second kappa shape index (κ2) is 11.1. The van der Waals surface area contributed by atoms with Crippen LogP contribution in [0.5, 0.6) is 23.0 Å². The fourth-order valence-electron chi connectivity index (χ4n) is 5.88. The quantitative estimate of drug-likeness (QED) is 0.320. The summed E-state index contributed by atoms with van der Waals surface area (Å²) in [7, 11) is 5.33. The number of hydrogen-bond donors (Lipinski definition) is 0. The van der Waals surface area contributed by atoms with Crippen LogP contribution >= 0.6 is 0 Å². The van der Waals surface area contributed by atoms with E-state index in [0.29, 0.717) is 31.0 Å². The molecule has 1 unspecified atom stereocenters. The van der Waals surface area contributed by atoms with Crippen LogP contribution in [0.15, 0.2) is 66.9 Å². The van der Waals surface area contributed by atoms with Crippen LogP contribution in [0.4, 0.5) is 0 Å². The number of para-hydroxylation sites is 1. The van der Waals surface area contributed by atoms with Gasteiger partial charge in [0.25, 0.3) is 0 Å². The minimum absolute atomic E-state index is 0.120. The SMILES string of the molecule is COc1ccc(C(CC(=O)N2CCN(Cc3ccc4c(c3)OCO4)CC2)c2cn(C)c3ccccc23)cc1OC. The van der Waals surface area contributed by atoms with Crippen molar-refractivity contribution in [2.45, 2.75) is 18.9 Å². The minimum Gasteiger partial charge on any atom is -0.493 e. The third-order valence-corrected chi connectivity index (χ3v) is 8.06. The first-order chi connectivity index (χ1) is 19.5. The van der Waals surface area contributed by atoms with Gasteiger partial charge in [0.2, 0.25) is 12.7 Å². The molecule has 0 bridgehead atoms. The zero-order chi connectivity index (χ0) is 27.6. The molecular weight excluding hydrogens is 506 g/mol. The number of fused-ring (bicyclic) bond motifs is 2. The van der Waals surface area contributed by atoms with E-state index in [2.05, 4.69) is 53.0 Å². The van der Waals surface area contributed by atoms with Gasteiger partial charge in [-0.15, -0.1) is 0 Å². The third kappa shape index (κ3) is 5.07. The first-order valence-corrected chi connectivity index (χ1v) is 13.7. The fraction of sp³-hybridized carbons (Fsp3) is 0.344. The van der Waals surface area contributed by atoms with Crippen molar-refractivity contribution < 1.29 is 23.7 Å². The highest BCUT2D eigenvalue weighted by Crippen LogP contribution is 2.39. The van der Waals surface area contributed by atoms with Gasteiger partial charge in [-0.2, -0.15) is 0 Å². The van der Waals surface area contributed by atoms with E-state index in [4.69, 9.17) is 18.9 Å². The number of aromatic nitrogens is 1. The predicted molar refractivity (Wildman–Crippen MR) is 153 cm³/mol. The van der Waals surface area contributed by atoms with Gasteiger partial charge >= 0.3 is 0 Å². The number of ether oxygens (including phenoxy) is 4. The van der Waals surface area contributed by atoms with Gasteiger partial charge in [0, 0.05) is 69.2 Å². The van der Waals surface area contributed by atoms with Gasteiger partial charge < -0.3 is 28.4 Å². The molecule has 3 heterocycles. The van der Waals surface area contributed by atoms with Gasteiger partial charge in [-0.25, -0.2) is 0 Å². The van der Waals surface area contributed by atoms with E-state index in [-0.39, 0.29) is 18.6 Å². The molecule has 2 aliphatic heterocycles. The van der Waals surface area contributed by atoms with Gasteiger partial charge in [0.1, 0.15) is 0 Å². The van der Waals surface area contributed by atoms with Crippen LogP contribution in [0.2, 0.25) is 0 Å². The van der Waals surface area contributed by atoms with Crippen molar-refractivity contribution in [1.29, 1.82) is 0 Å². The molecule has 3 aromatic carbocycles. The average molecular weight is 542 g/mol. The van der Waals surface area contributed by atoms with Crippen molar-refractivity contribution in [2.75, 3.05) is 47.2 Å². The number of carbonyl (C=O) groups excluding carboxylic acids is 1. The highest BCUT2D eigenvalue weighted by atomic mass is 16.7. The summed E-state index contributed by atoms with van der Waals surface area (Å²) < 4.78 is 24.2. The topological polar surface area (TPSA) is 65.4 Å². The molecule has 4 aromatic rings. The number of methoxy groups -OCH3 is 2. The maximum absolute atomic E-state index is 13.8.